The maximum Gasteiger partial charge on any atom is 0.252 e. The summed E-state index contributed by atoms with van der Waals surface area (Å²) in [5.41, 5.74) is 1.98. The molecule has 106 valence electrons. The summed E-state index contributed by atoms with van der Waals surface area (Å²) in [5.74, 6) is -0.0147. The largest absolute Gasteiger partial charge is 0.351 e. The van der Waals surface area contributed by atoms with Gasteiger partial charge in [-0.3, -0.25) is 4.79 Å². The second kappa shape index (κ2) is 7.44. The molecule has 1 N–H and O–H groups in total. The lowest BCUT2D eigenvalue weighted by atomic mass is 9.84. The molecule has 0 atom stereocenters. The first kappa shape index (κ1) is 16.7. The van der Waals surface area contributed by atoms with Gasteiger partial charge in [0.05, 0.1) is 5.56 Å². The van der Waals surface area contributed by atoms with Crippen LogP contribution in [0.5, 0.6) is 0 Å². The van der Waals surface area contributed by atoms with Gasteiger partial charge in [0.1, 0.15) is 0 Å². The van der Waals surface area contributed by atoms with Gasteiger partial charge in [-0.1, -0.05) is 35.8 Å². The van der Waals surface area contributed by atoms with Crippen LogP contribution in [0, 0.1) is 12.3 Å². The van der Waals surface area contributed by atoms with E-state index in [2.05, 4.69) is 51.0 Å². The molecule has 19 heavy (non-hydrogen) atoms. The van der Waals surface area contributed by atoms with Crippen LogP contribution < -0.4 is 5.32 Å². The van der Waals surface area contributed by atoms with Crippen molar-refractivity contribution in [3.63, 3.8) is 0 Å². The Bertz CT molecular complexity index is 434. The Morgan fingerprint density at radius 3 is 2.42 bits per heavy atom. The third-order valence-corrected chi connectivity index (χ3v) is 5.62. The molecule has 0 radical (unpaired) electrons. The van der Waals surface area contributed by atoms with E-state index in [9.17, 15) is 4.79 Å². The van der Waals surface area contributed by atoms with Crippen molar-refractivity contribution in [1.82, 2.24) is 5.32 Å². The van der Waals surface area contributed by atoms with Crippen LogP contribution >= 0.6 is 31.9 Å². The molecule has 0 fully saturated rings. The first-order valence-corrected chi connectivity index (χ1v) is 8.49. The summed E-state index contributed by atoms with van der Waals surface area (Å²) in [6.45, 7) is 7.04. The summed E-state index contributed by atoms with van der Waals surface area (Å²) in [5, 5.41) is 3.96. The number of aryl methyl sites for hydroxylation is 1. The van der Waals surface area contributed by atoms with Crippen molar-refractivity contribution in [2.75, 3.05) is 11.9 Å². The van der Waals surface area contributed by atoms with Gasteiger partial charge in [0.15, 0.2) is 0 Å². The van der Waals surface area contributed by atoms with Crippen LogP contribution in [0.3, 0.4) is 0 Å². The number of carbonyl (C=O) groups excluding carboxylic acids is 1. The van der Waals surface area contributed by atoms with Gasteiger partial charge >= 0.3 is 0 Å². The molecule has 0 aliphatic rings. The van der Waals surface area contributed by atoms with Gasteiger partial charge in [-0.15, -0.1) is 0 Å². The molecule has 0 heterocycles. The molecule has 4 heteroatoms. The van der Waals surface area contributed by atoms with E-state index in [0.717, 1.165) is 28.2 Å². The highest BCUT2D eigenvalue weighted by atomic mass is 79.9. The van der Waals surface area contributed by atoms with E-state index in [0.29, 0.717) is 12.1 Å². The van der Waals surface area contributed by atoms with Crippen LogP contribution in [0.4, 0.5) is 0 Å². The van der Waals surface area contributed by atoms with Gasteiger partial charge in [0.2, 0.25) is 0 Å². The predicted octanol–water partition coefficient (Wildman–Crippen LogP) is 4.69. The van der Waals surface area contributed by atoms with Crippen molar-refractivity contribution in [1.29, 1.82) is 0 Å². The molecule has 0 spiro atoms. The molecule has 0 aromatic heterocycles. The lowest BCUT2D eigenvalue weighted by Gasteiger charge is -2.29. The molecule has 0 saturated carbocycles. The average Bonchev–Trinajstić information content (AvgIpc) is 2.40. The molecule has 0 aliphatic carbocycles. The molecule has 0 unspecified atom stereocenters. The topological polar surface area (TPSA) is 29.1 Å². The Labute approximate surface area is 132 Å². The lowest BCUT2D eigenvalue weighted by Crippen LogP contribution is -2.38. The van der Waals surface area contributed by atoms with Gasteiger partial charge in [0, 0.05) is 16.3 Å². The zero-order valence-corrected chi connectivity index (χ0v) is 14.9. The highest BCUT2D eigenvalue weighted by Gasteiger charge is 2.25. The Morgan fingerprint density at radius 2 is 1.95 bits per heavy atom. The standard InChI is InChI=1S/C15H21Br2NO/c1-4-15(5-2,9-16)10-18-14(19)12-7-6-11(3)8-13(12)17/h6-8H,4-5,9-10H2,1-3H3,(H,18,19). The number of amides is 1. The van der Waals surface area contributed by atoms with Crippen molar-refractivity contribution in [3.8, 4) is 0 Å². The number of carbonyl (C=O) groups is 1. The van der Waals surface area contributed by atoms with Gasteiger partial charge in [0.25, 0.3) is 5.91 Å². The molecule has 1 aromatic carbocycles. The van der Waals surface area contributed by atoms with Gasteiger partial charge < -0.3 is 5.32 Å². The van der Waals surface area contributed by atoms with E-state index >= 15 is 0 Å². The fraction of sp³-hybridized carbons (Fsp3) is 0.533. The number of hydrogen-bond acceptors (Lipinski definition) is 1. The summed E-state index contributed by atoms with van der Waals surface area (Å²) < 4.78 is 0.849. The van der Waals surface area contributed by atoms with Gasteiger partial charge in [-0.25, -0.2) is 0 Å². The molecule has 1 aromatic rings. The maximum absolute atomic E-state index is 12.2. The number of benzene rings is 1. The molecule has 1 rings (SSSR count). The van der Waals surface area contributed by atoms with E-state index < -0.39 is 0 Å². The van der Waals surface area contributed by atoms with Crippen LogP contribution in [-0.2, 0) is 0 Å². The Kier molecular flexibility index (Phi) is 6.54. The minimum atomic E-state index is -0.0147. The Balaban J connectivity index is 2.75. The van der Waals surface area contributed by atoms with Crippen LogP contribution in [0.2, 0.25) is 0 Å². The average molecular weight is 391 g/mol. The molecule has 0 bridgehead atoms. The summed E-state index contributed by atoms with van der Waals surface area (Å²) in [7, 11) is 0. The van der Waals surface area contributed by atoms with Crippen molar-refractivity contribution in [2.45, 2.75) is 33.6 Å². The zero-order valence-electron chi connectivity index (χ0n) is 11.7. The van der Waals surface area contributed by atoms with E-state index in [-0.39, 0.29) is 11.3 Å². The van der Waals surface area contributed by atoms with E-state index in [1.54, 1.807) is 0 Å². The summed E-state index contributed by atoms with van der Waals surface area (Å²) in [6.07, 6.45) is 2.09. The molecule has 0 saturated heterocycles. The number of halogens is 2. The Morgan fingerprint density at radius 1 is 1.32 bits per heavy atom. The monoisotopic (exact) mass is 389 g/mol. The molecular formula is C15H21Br2NO. The fourth-order valence-electron chi connectivity index (χ4n) is 1.90. The third-order valence-electron chi connectivity index (χ3n) is 3.78. The van der Waals surface area contributed by atoms with Gasteiger partial charge in [-0.05, 0) is 58.8 Å². The fourth-order valence-corrected chi connectivity index (χ4v) is 3.57. The minimum Gasteiger partial charge on any atom is -0.351 e. The van der Waals surface area contributed by atoms with Crippen molar-refractivity contribution in [3.05, 3.63) is 33.8 Å². The second-order valence-corrected chi connectivity index (χ2v) is 6.42. The van der Waals surface area contributed by atoms with Crippen LogP contribution in [0.25, 0.3) is 0 Å². The first-order valence-electron chi connectivity index (χ1n) is 6.58. The van der Waals surface area contributed by atoms with Gasteiger partial charge in [-0.2, -0.15) is 0 Å². The Hall–Kier alpha value is -0.350. The third kappa shape index (κ3) is 4.32. The number of hydrogen-bond donors (Lipinski definition) is 1. The number of nitrogens with one attached hydrogen (secondary N) is 1. The van der Waals surface area contributed by atoms with Crippen LogP contribution in [0.1, 0.15) is 42.6 Å². The lowest BCUT2D eigenvalue weighted by molar-refractivity contribution is 0.0931. The van der Waals surface area contributed by atoms with E-state index in [4.69, 9.17) is 0 Å². The maximum atomic E-state index is 12.2. The summed E-state index contributed by atoms with van der Waals surface area (Å²) >= 11 is 7.01. The van der Waals surface area contributed by atoms with E-state index in [1.807, 2.05) is 25.1 Å². The predicted molar refractivity (Wildman–Crippen MR) is 88.0 cm³/mol. The zero-order chi connectivity index (χ0) is 14.5. The molecule has 2 nitrogen and oxygen atoms in total. The molecule has 1 amide bonds. The summed E-state index contributed by atoms with van der Waals surface area (Å²) in [6, 6.07) is 5.78. The van der Waals surface area contributed by atoms with Crippen molar-refractivity contribution in [2.24, 2.45) is 5.41 Å². The normalized spacial score (nSPS) is 11.4. The second-order valence-electron chi connectivity index (χ2n) is 5.01. The van der Waals surface area contributed by atoms with Crippen molar-refractivity contribution >= 4 is 37.8 Å². The highest BCUT2D eigenvalue weighted by molar-refractivity contribution is 9.10. The van der Waals surface area contributed by atoms with Crippen LogP contribution in [-0.4, -0.2) is 17.8 Å². The number of rotatable bonds is 6. The molecular weight excluding hydrogens is 370 g/mol. The van der Waals surface area contributed by atoms with Crippen molar-refractivity contribution < 1.29 is 4.79 Å². The smallest absolute Gasteiger partial charge is 0.252 e. The quantitative estimate of drug-likeness (QED) is 0.701. The van der Waals surface area contributed by atoms with Crippen LogP contribution in [0.15, 0.2) is 22.7 Å². The first-order chi connectivity index (χ1) is 8.98. The minimum absolute atomic E-state index is 0.0147. The highest BCUT2D eigenvalue weighted by Crippen LogP contribution is 2.28. The molecule has 0 aliphatic heterocycles. The summed E-state index contributed by atoms with van der Waals surface area (Å²) in [4.78, 5) is 12.2. The number of alkyl halides is 1. The SMILES string of the molecule is CCC(CC)(CBr)CNC(=O)c1ccc(C)cc1Br. The van der Waals surface area contributed by atoms with E-state index in [1.165, 1.54) is 0 Å².